The smallest absolute Gasteiger partial charge is 0.252 e. The van der Waals surface area contributed by atoms with Gasteiger partial charge in [0.25, 0.3) is 5.91 Å². The third-order valence-electron chi connectivity index (χ3n) is 3.91. The normalized spacial score (nSPS) is 29.7. The monoisotopic (exact) mass is 286 g/mol. The molecular formula is C13H19ClN2OS. The number of hydrogen-bond acceptors (Lipinski definition) is 3. The molecule has 3 rings (SSSR count). The van der Waals surface area contributed by atoms with Gasteiger partial charge >= 0.3 is 0 Å². The lowest BCUT2D eigenvalue weighted by molar-refractivity contribution is 0.0924. The van der Waals surface area contributed by atoms with Crippen molar-refractivity contribution in [2.75, 3.05) is 0 Å². The number of thiophene rings is 1. The number of aryl methyl sites for hydroxylation is 1. The zero-order chi connectivity index (χ0) is 11.8. The van der Waals surface area contributed by atoms with Crippen LogP contribution in [-0.4, -0.2) is 24.0 Å². The van der Waals surface area contributed by atoms with Gasteiger partial charge in [-0.2, -0.15) is 11.3 Å². The molecule has 2 bridgehead atoms. The van der Waals surface area contributed by atoms with Crippen LogP contribution in [-0.2, 0) is 0 Å². The van der Waals surface area contributed by atoms with Crippen LogP contribution in [0.25, 0.3) is 0 Å². The highest BCUT2D eigenvalue weighted by Crippen LogP contribution is 2.27. The lowest BCUT2D eigenvalue weighted by Gasteiger charge is -2.29. The predicted molar refractivity (Wildman–Crippen MR) is 76.7 cm³/mol. The first kappa shape index (κ1) is 13.8. The highest BCUT2D eigenvalue weighted by Gasteiger charge is 2.34. The molecule has 5 heteroatoms. The molecule has 2 aliphatic rings. The van der Waals surface area contributed by atoms with E-state index < -0.39 is 0 Å². The van der Waals surface area contributed by atoms with Crippen molar-refractivity contribution in [1.82, 2.24) is 10.6 Å². The highest BCUT2D eigenvalue weighted by molar-refractivity contribution is 7.08. The van der Waals surface area contributed by atoms with Crippen molar-refractivity contribution in [3.63, 3.8) is 0 Å². The number of rotatable bonds is 2. The number of carbonyl (C=O) groups excluding carboxylic acids is 1. The number of fused-ring (bicyclic) bond motifs is 2. The molecule has 1 aromatic heterocycles. The fourth-order valence-corrected chi connectivity index (χ4v) is 3.86. The highest BCUT2D eigenvalue weighted by atomic mass is 35.5. The first-order chi connectivity index (χ1) is 8.22. The summed E-state index contributed by atoms with van der Waals surface area (Å²) in [6, 6.07) is 1.62. The molecule has 3 nitrogen and oxygen atoms in total. The molecule has 0 aliphatic carbocycles. The molecule has 1 amide bonds. The van der Waals surface area contributed by atoms with Gasteiger partial charge in [-0.15, -0.1) is 12.4 Å². The Hall–Kier alpha value is -0.580. The van der Waals surface area contributed by atoms with E-state index in [1.54, 1.807) is 11.3 Å². The van der Waals surface area contributed by atoms with E-state index in [9.17, 15) is 4.79 Å². The zero-order valence-electron chi connectivity index (χ0n) is 10.4. The summed E-state index contributed by atoms with van der Waals surface area (Å²) in [5.74, 6) is 0.107. The minimum Gasteiger partial charge on any atom is -0.349 e. The number of hydrogen-bond donors (Lipinski definition) is 2. The molecule has 18 heavy (non-hydrogen) atoms. The Labute approximate surface area is 118 Å². The van der Waals surface area contributed by atoms with Crippen molar-refractivity contribution >= 4 is 29.7 Å². The van der Waals surface area contributed by atoms with Crippen LogP contribution < -0.4 is 10.6 Å². The predicted octanol–water partition coefficient (Wildman–Crippen LogP) is 2.49. The van der Waals surface area contributed by atoms with Gasteiger partial charge in [0, 0.05) is 23.5 Å². The topological polar surface area (TPSA) is 41.1 Å². The molecule has 100 valence electrons. The molecule has 2 N–H and O–H groups in total. The Morgan fingerprint density at radius 1 is 1.33 bits per heavy atom. The van der Waals surface area contributed by atoms with E-state index in [4.69, 9.17) is 0 Å². The maximum Gasteiger partial charge on any atom is 0.252 e. The van der Waals surface area contributed by atoms with Crippen LogP contribution in [0.4, 0.5) is 0 Å². The lowest BCUT2D eigenvalue weighted by atomic mass is 9.99. The second-order valence-electron chi connectivity index (χ2n) is 5.25. The Bertz CT molecular complexity index is 422. The number of piperidine rings is 1. The van der Waals surface area contributed by atoms with E-state index in [-0.39, 0.29) is 18.3 Å². The summed E-state index contributed by atoms with van der Waals surface area (Å²) in [5, 5.41) is 10.8. The molecule has 2 fully saturated rings. The maximum atomic E-state index is 12.1. The van der Waals surface area contributed by atoms with Crippen molar-refractivity contribution in [2.45, 2.75) is 50.7 Å². The van der Waals surface area contributed by atoms with Gasteiger partial charge in [-0.05, 0) is 43.6 Å². The summed E-state index contributed by atoms with van der Waals surface area (Å²) in [6.45, 7) is 2.00. The summed E-state index contributed by atoms with van der Waals surface area (Å²) in [4.78, 5) is 12.1. The second-order valence-corrected chi connectivity index (χ2v) is 5.99. The zero-order valence-corrected chi connectivity index (χ0v) is 12.1. The van der Waals surface area contributed by atoms with E-state index in [2.05, 4.69) is 10.6 Å². The largest absolute Gasteiger partial charge is 0.349 e. The Balaban J connectivity index is 0.00000120. The average Bonchev–Trinajstić information content (AvgIpc) is 2.85. The molecule has 1 aromatic rings. The maximum absolute atomic E-state index is 12.1. The first-order valence-electron chi connectivity index (χ1n) is 6.32. The van der Waals surface area contributed by atoms with Gasteiger partial charge in [-0.25, -0.2) is 0 Å². The second kappa shape index (κ2) is 5.59. The summed E-state index contributed by atoms with van der Waals surface area (Å²) in [5.41, 5.74) is 1.94. The van der Waals surface area contributed by atoms with E-state index in [1.807, 2.05) is 17.7 Å². The van der Waals surface area contributed by atoms with Gasteiger partial charge in [-0.3, -0.25) is 4.79 Å². The van der Waals surface area contributed by atoms with Crippen LogP contribution in [0.15, 0.2) is 10.8 Å². The standard InChI is InChI=1S/C13H18N2OS.ClH/c1-8-6-17-7-12(8)13(16)15-11-4-9-2-3-10(5-11)14-9;/h6-7,9-11,14H,2-5H2,1H3,(H,15,16);1H. The van der Waals surface area contributed by atoms with Crippen LogP contribution in [0.2, 0.25) is 0 Å². The summed E-state index contributed by atoms with van der Waals surface area (Å²) >= 11 is 1.60. The van der Waals surface area contributed by atoms with Crippen molar-refractivity contribution in [1.29, 1.82) is 0 Å². The van der Waals surface area contributed by atoms with Crippen molar-refractivity contribution in [3.8, 4) is 0 Å². The molecule has 0 saturated carbocycles. The van der Waals surface area contributed by atoms with Gasteiger partial charge < -0.3 is 10.6 Å². The number of nitrogens with one attached hydrogen (secondary N) is 2. The van der Waals surface area contributed by atoms with E-state index in [0.717, 1.165) is 24.0 Å². The number of carbonyl (C=O) groups is 1. The fourth-order valence-electron chi connectivity index (χ4n) is 3.03. The fraction of sp³-hybridized carbons (Fsp3) is 0.615. The number of amides is 1. The summed E-state index contributed by atoms with van der Waals surface area (Å²) in [7, 11) is 0. The molecule has 2 atom stereocenters. The van der Waals surface area contributed by atoms with Gasteiger partial charge in [0.1, 0.15) is 0 Å². The molecule has 0 aromatic carbocycles. The summed E-state index contributed by atoms with van der Waals surface area (Å²) in [6.07, 6.45) is 4.72. The quantitative estimate of drug-likeness (QED) is 0.877. The van der Waals surface area contributed by atoms with E-state index >= 15 is 0 Å². The molecule has 2 saturated heterocycles. The van der Waals surface area contributed by atoms with Crippen molar-refractivity contribution < 1.29 is 4.79 Å². The van der Waals surface area contributed by atoms with Gasteiger partial charge in [0.15, 0.2) is 0 Å². The minimum atomic E-state index is 0. The third kappa shape index (κ3) is 2.71. The van der Waals surface area contributed by atoms with Gasteiger partial charge in [0.05, 0.1) is 5.56 Å². The van der Waals surface area contributed by atoms with Gasteiger partial charge in [0.2, 0.25) is 0 Å². The molecule has 0 radical (unpaired) electrons. The lowest BCUT2D eigenvalue weighted by Crippen LogP contribution is -2.48. The minimum absolute atomic E-state index is 0. The first-order valence-corrected chi connectivity index (χ1v) is 7.26. The van der Waals surface area contributed by atoms with Crippen molar-refractivity contribution in [2.24, 2.45) is 0 Å². The Morgan fingerprint density at radius 2 is 2.00 bits per heavy atom. The Kier molecular flexibility index (Phi) is 4.30. The Morgan fingerprint density at radius 3 is 2.56 bits per heavy atom. The average molecular weight is 287 g/mol. The van der Waals surface area contributed by atoms with Crippen LogP contribution in [0.5, 0.6) is 0 Å². The molecular weight excluding hydrogens is 268 g/mol. The van der Waals surface area contributed by atoms with Crippen LogP contribution in [0.3, 0.4) is 0 Å². The van der Waals surface area contributed by atoms with Crippen LogP contribution in [0, 0.1) is 6.92 Å². The van der Waals surface area contributed by atoms with E-state index in [0.29, 0.717) is 18.1 Å². The molecule has 0 spiro atoms. The third-order valence-corrected chi connectivity index (χ3v) is 4.77. The van der Waals surface area contributed by atoms with E-state index in [1.165, 1.54) is 12.8 Å². The molecule has 2 unspecified atom stereocenters. The molecule has 2 aliphatic heterocycles. The van der Waals surface area contributed by atoms with Crippen molar-refractivity contribution in [3.05, 3.63) is 21.9 Å². The summed E-state index contributed by atoms with van der Waals surface area (Å²) < 4.78 is 0. The van der Waals surface area contributed by atoms with Crippen LogP contribution >= 0.6 is 23.7 Å². The van der Waals surface area contributed by atoms with Gasteiger partial charge in [-0.1, -0.05) is 0 Å². The number of halogens is 1. The van der Waals surface area contributed by atoms with Crippen LogP contribution in [0.1, 0.15) is 41.6 Å². The molecule has 3 heterocycles. The SMILES string of the molecule is Cc1cscc1C(=O)NC1CC2CCC(C1)N2.Cl.